The summed E-state index contributed by atoms with van der Waals surface area (Å²) >= 11 is 0. The maximum Gasteiger partial charge on any atom is 0.360 e. The average molecular weight is 263 g/mol. The molecule has 1 rings (SSSR count). The van der Waals surface area contributed by atoms with Crippen LogP contribution in [0.1, 0.15) is 44.1 Å². The van der Waals surface area contributed by atoms with Gasteiger partial charge in [-0.25, -0.2) is 9.48 Å². The van der Waals surface area contributed by atoms with Gasteiger partial charge in [0.25, 0.3) is 0 Å². The Morgan fingerprint density at radius 2 is 2.11 bits per heavy atom. The average Bonchev–Trinajstić information content (AvgIpc) is 2.83. The first-order valence-corrected chi connectivity index (χ1v) is 6.30. The molecule has 0 radical (unpaired) electrons. The molecule has 1 aromatic heterocycles. The van der Waals surface area contributed by atoms with E-state index < -0.39 is 5.97 Å². The summed E-state index contributed by atoms with van der Waals surface area (Å²) in [6, 6.07) is 0. The standard InChI is InChI=1S/C14H21N3O2/c1-11(2)6-5-7-12(3)8-9-17-10-13(15-16-17)14(18)19-4/h6,8,10H,5,7,9H2,1-4H3/b12-8+. The Hall–Kier alpha value is -1.91. The number of ether oxygens (including phenoxy) is 1. The number of hydrogen-bond donors (Lipinski definition) is 0. The van der Waals surface area contributed by atoms with Crippen molar-refractivity contribution in [1.82, 2.24) is 15.0 Å². The lowest BCUT2D eigenvalue weighted by Crippen LogP contribution is -2.01. The largest absolute Gasteiger partial charge is 0.464 e. The molecule has 0 bridgehead atoms. The SMILES string of the molecule is COC(=O)c1cn(C/C=C(\C)CCC=C(C)C)nn1. The number of nitrogens with zero attached hydrogens (tertiary/aromatic N) is 3. The van der Waals surface area contributed by atoms with Crippen LogP contribution in [0.2, 0.25) is 0 Å². The lowest BCUT2D eigenvalue weighted by atomic mass is 10.1. The van der Waals surface area contributed by atoms with E-state index in [2.05, 4.69) is 48.0 Å². The van der Waals surface area contributed by atoms with E-state index in [1.54, 1.807) is 10.9 Å². The summed E-state index contributed by atoms with van der Waals surface area (Å²) in [6.45, 7) is 6.91. The lowest BCUT2D eigenvalue weighted by molar-refractivity contribution is 0.0594. The quantitative estimate of drug-likeness (QED) is 0.585. The Morgan fingerprint density at radius 3 is 2.74 bits per heavy atom. The highest BCUT2D eigenvalue weighted by Crippen LogP contribution is 2.07. The fourth-order valence-corrected chi connectivity index (χ4v) is 1.53. The molecule has 0 unspecified atom stereocenters. The summed E-state index contributed by atoms with van der Waals surface area (Å²) in [6.07, 6.45) is 7.99. The molecule has 0 spiro atoms. The van der Waals surface area contributed by atoms with Crippen molar-refractivity contribution in [2.24, 2.45) is 0 Å². The first-order chi connectivity index (χ1) is 9.02. The second-order valence-corrected chi connectivity index (χ2v) is 4.69. The monoisotopic (exact) mass is 263 g/mol. The van der Waals surface area contributed by atoms with Crippen LogP contribution in [0.3, 0.4) is 0 Å². The van der Waals surface area contributed by atoms with E-state index in [0.717, 1.165) is 12.8 Å². The van der Waals surface area contributed by atoms with Crippen molar-refractivity contribution >= 4 is 5.97 Å². The van der Waals surface area contributed by atoms with E-state index >= 15 is 0 Å². The van der Waals surface area contributed by atoms with Gasteiger partial charge in [-0.15, -0.1) is 5.10 Å². The van der Waals surface area contributed by atoms with Crippen LogP contribution >= 0.6 is 0 Å². The molecule has 0 amide bonds. The molecule has 0 N–H and O–H groups in total. The molecule has 0 atom stereocenters. The van der Waals surface area contributed by atoms with Crippen LogP contribution in [0, 0.1) is 0 Å². The molecule has 5 nitrogen and oxygen atoms in total. The van der Waals surface area contributed by atoms with Crippen LogP contribution in [0.25, 0.3) is 0 Å². The number of esters is 1. The summed E-state index contributed by atoms with van der Waals surface area (Å²) in [7, 11) is 1.33. The number of rotatable bonds is 6. The second-order valence-electron chi connectivity index (χ2n) is 4.69. The molecular weight excluding hydrogens is 242 g/mol. The van der Waals surface area contributed by atoms with Gasteiger partial charge in [0.2, 0.25) is 0 Å². The number of allylic oxidation sites excluding steroid dienone is 4. The van der Waals surface area contributed by atoms with E-state index in [9.17, 15) is 4.79 Å². The van der Waals surface area contributed by atoms with Crippen molar-refractivity contribution in [2.75, 3.05) is 7.11 Å². The van der Waals surface area contributed by atoms with Crippen LogP contribution in [-0.4, -0.2) is 28.1 Å². The topological polar surface area (TPSA) is 57.0 Å². The van der Waals surface area contributed by atoms with Crippen molar-refractivity contribution in [3.8, 4) is 0 Å². The molecule has 0 aliphatic rings. The van der Waals surface area contributed by atoms with Crippen LogP contribution in [0.4, 0.5) is 0 Å². The third kappa shape index (κ3) is 5.50. The van der Waals surface area contributed by atoms with Gasteiger partial charge < -0.3 is 4.74 Å². The molecule has 0 saturated heterocycles. The number of aromatic nitrogens is 3. The summed E-state index contributed by atoms with van der Waals surface area (Å²) in [5.41, 5.74) is 2.87. The van der Waals surface area contributed by atoms with E-state index in [1.807, 2.05) is 0 Å². The number of carbonyl (C=O) groups is 1. The summed E-state index contributed by atoms with van der Waals surface area (Å²) < 4.78 is 6.20. The summed E-state index contributed by atoms with van der Waals surface area (Å²) in [5.74, 6) is -0.462. The normalized spacial score (nSPS) is 11.3. The Labute approximate surface area is 114 Å². The molecule has 104 valence electrons. The fraction of sp³-hybridized carbons (Fsp3) is 0.500. The highest BCUT2D eigenvalue weighted by molar-refractivity contribution is 5.86. The molecule has 0 aromatic carbocycles. The molecule has 19 heavy (non-hydrogen) atoms. The van der Waals surface area contributed by atoms with E-state index in [0.29, 0.717) is 6.54 Å². The van der Waals surface area contributed by atoms with Gasteiger partial charge in [0, 0.05) is 0 Å². The van der Waals surface area contributed by atoms with Crippen LogP contribution in [0.15, 0.2) is 29.5 Å². The van der Waals surface area contributed by atoms with Gasteiger partial charge in [-0.2, -0.15) is 0 Å². The van der Waals surface area contributed by atoms with E-state index in [-0.39, 0.29) is 5.69 Å². The Kier molecular flexibility index (Phi) is 5.99. The number of methoxy groups -OCH3 is 1. The predicted molar refractivity (Wildman–Crippen MR) is 73.8 cm³/mol. The van der Waals surface area contributed by atoms with Crippen molar-refractivity contribution in [1.29, 1.82) is 0 Å². The number of hydrogen-bond acceptors (Lipinski definition) is 4. The van der Waals surface area contributed by atoms with Crippen LogP contribution in [-0.2, 0) is 11.3 Å². The third-order valence-corrected chi connectivity index (χ3v) is 2.65. The highest BCUT2D eigenvalue weighted by atomic mass is 16.5. The molecule has 0 fully saturated rings. The molecule has 1 heterocycles. The number of carbonyl (C=O) groups excluding carboxylic acids is 1. The summed E-state index contributed by atoms with van der Waals surface area (Å²) in [5, 5.41) is 7.62. The Bertz CT molecular complexity index is 483. The minimum absolute atomic E-state index is 0.234. The third-order valence-electron chi connectivity index (χ3n) is 2.65. The van der Waals surface area contributed by atoms with Gasteiger partial charge in [-0.05, 0) is 33.6 Å². The zero-order valence-electron chi connectivity index (χ0n) is 12.0. The van der Waals surface area contributed by atoms with Crippen LogP contribution < -0.4 is 0 Å². The first kappa shape index (κ1) is 15.1. The molecule has 5 heteroatoms. The fourth-order valence-electron chi connectivity index (χ4n) is 1.53. The maximum atomic E-state index is 11.2. The zero-order valence-corrected chi connectivity index (χ0v) is 12.0. The van der Waals surface area contributed by atoms with E-state index in [1.165, 1.54) is 18.3 Å². The lowest BCUT2D eigenvalue weighted by Gasteiger charge is -1.99. The predicted octanol–water partition coefficient (Wildman–Crippen LogP) is 2.76. The van der Waals surface area contributed by atoms with Gasteiger partial charge in [-0.1, -0.05) is 28.5 Å². The molecule has 1 aromatic rings. The van der Waals surface area contributed by atoms with Gasteiger partial charge >= 0.3 is 5.97 Å². The van der Waals surface area contributed by atoms with E-state index in [4.69, 9.17) is 0 Å². The van der Waals surface area contributed by atoms with Crippen molar-refractivity contribution < 1.29 is 9.53 Å². The second kappa shape index (κ2) is 7.51. The van der Waals surface area contributed by atoms with Crippen molar-refractivity contribution in [3.63, 3.8) is 0 Å². The molecular formula is C14H21N3O2. The Morgan fingerprint density at radius 1 is 1.37 bits per heavy atom. The summed E-state index contributed by atoms with van der Waals surface area (Å²) in [4.78, 5) is 11.2. The van der Waals surface area contributed by atoms with Crippen molar-refractivity contribution in [2.45, 2.75) is 40.2 Å². The maximum absolute atomic E-state index is 11.2. The molecule has 0 saturated carbocycles. The molecule has 0 aliphatic heterocycles. The minimum atomic E-state index is -0.462. The van der Waals surface area contributed by atoms with Gasteiger partial charge in [0.1, 0.15) is 0 Å². The van der Waals surface area contributed by atoms with Gasteiger partial charge in [0.05, 0.1) is 19.9 Å². The smallest absolute Gasteiger partial charge is 0.360 e. The zero-order chi connectivity index (χ0) is 14.3. The minimum Gasteiger partial charge on any atom is -0.464 e. The highest BCUT2D eigenvalue weighted by Gasteiger charge is 2.09. The van der Waals surface area contributed by atoms with Crippen LogP contribution in [0.5, 0.6) is 0 Å². The van der Waals surface area contributed by atoms with Gasteiger partial charge in [-0.3, -0.25) is 0 Å². The molecule has 0 aliphatic carbocycles. The van der Waals surface area contributed by atoms with Gasteiger partial charge in [0.15, 0.2) is 5.69 Å². The van der Waals surface area contributed by atoms with Crippen molar-refractivity contribution in [3.05, 3.63) is 35.2 Å². The Balaban J connectivity index is 2.49. The first-order valence-electron chi connectivity index (χ1n) is 6.30.